The number of allylic oxidation sites excluding steroid dienone is 1. The third-order valence-electron chi connectivity index (χ3n) is 5.36. The molecule has 0 unspecified atom stereocenters. The van der Waals surface area contributed by atoms with Crippen molar-refractivity contribution < 1.29 is 14.7 Å². The number of likely N-dealkylation sites (N-methyl/N-ethyl adjacent to an activating group) is 1. The summed E-state index contributed by atoms with van der Waals surface area (Å²) in [5.74, 6) is 0.0349. The Balaban J connectivity index is 2.28. The number of amides is 3. The van der Waals surface area contributed by atoms with Gasteiger partial charge in [0.2, 0.25) is 5.91 Å². The number of benzene rings is 1. The van der Waals surface area contributed by atoms with Crippen LogP contribution >= 0.6 is 0 Å². The summed E-state index contributed by atoms with van der Waals surface area (Å²) in [6.07, 6.45) is 5.29. The maximum absolute atomic E-state index is 12.7. The van der Waals surface area contributed by atoms with Crippen molar-refractivity contribution in [1.82, 2.24) is 15.1 Å². The number of aliphatic hydroxyl groups excluding tert-OH is 1. The number of carbonyl (C=O) groups excluding carboxylic acids is 2. The van der Waals surface area contributed by atoms with Crippen LogP contribution in [0.2, 0.25) is 0 Å². The van der Waals surface area contributed by atoms with Gasteiger partial charge >= 0.3 is 6.03 Å². The molecule has 1 aliphatic rings. The van der Waals surface area contributed by atoms with E-state index in [2.05, 4.69) is 17.4 Å². The van der Waals surface area contributed by atoms with Gasteiger partial charge in [0, 0.05) is 32.5 Å². The fourth-order valence-electron chi connectivity index (χ4n) is 3.89. The van der Waals surface area contributed by atoms with Crippen molar-refractivity contribution in [2.75, 3.05) is 26.7 Å². The van der Waals surface area contributed by atoms with E-state index in [1.165, 1.54) is 0 Å². The first-order valence-electron chi connectivity index (χ1n) is 10.1. The Morgan fingerprint density at radius 3 is 2.43 bits per heavy atom. The van der Waals surface area contributed by atoms with E-state index < -0.39 is 0 Å². The van der Waals surface area contributed by atoms with E-state index in [0.29, 0.717) is 19.5 Å². The molecule has 0 aromatic heterocycles. The molecule has 154 valence electrons. The standard InChI is InChI=1S/C22H33N3O3/c1-5-8-16-9-11-17(12-10-16)21-18(14-24(4)20(27)7-3)25(19(21)15-26)22(28)23-13-6-2/h5,8-12,18-19,21,26H,6-7,13-15H2,1-4H3,(H,23,28)/b8-5+/t18-,19+,21-/m1/s1. The van der Waals surface area contributed by atoms with Crippen molar-refractivity contribution in [3.63, 3.8) is 0 Å². The Hall–Kier alpha value is -2.34. The van der Waals surface area contributed by atoms with Gasteiger partial charge in [0.1, 0.15) is 0 Å². The van der Waals surface area contributed by atoms with E-state index in [1.54, 1.807) is 16.8 Å². The maximum atomic E-state index is 12.7. The van der Waals surface area contributed by atoms with Gasteiger partial charge in [0.05, 0.1) is 18.7 Å². The second kappa shape index (κ2) is 10.3. The number of likely N-dealkylation sites (tertiary alicyclic amines) is 1. The van der Waals surface area contributed by atoms with E-state index >= 15 is 0 Å². The van der Waals surface area contributed by atoms with E-state index in [9.17, 15) is 14.7 Å². The number of nitrogens with one attached hydrogen (secondary N) is 1. The predicted molar refractivity (Wildman–Crippen MR) is 112 cm³/mol. The maximum Gasteiger partial charge on any atom is 0.318 e. The van der Waals surface area contributed by atoms with Crippen molar-refractivity contribution in [3.05, 3.63) is 41.5 Å². The van der Waals surface area contributed by atoms with Crippen LogP contribution in [-0.2, 0) is 4.79 Å². The van der Waals surface area contributed by atoms with Gasteiger partial charge in [-0.3, -0.25) is 4.79 Å². The minimum absolute atomic E-state index is 0.0101. The summed E-state index contributed by atoms with van der Waals surface area (Å²) in [7, 11) is 1.77. The molecule has 1 aromatic rings. The fourth-order valence-corrected chi connectivity index (χ4v) is 3.89. The topological polar surface area (TPSA) is 72.9 Å². The van der Waals surface area contributed by atoms with Crippen LogP contribution in [0.25, 0.3) is 6.08 Å². The Bertz CT molecular complexity index is 687. The van der Waals surface area contributed by atoms with Gasteiger partial charge in [-0.2, -0.15) is 0 Å². The van der Waals surface area contributed by atoms with Gasteiger partial charge in [-0.1, -0.05) is 50.3 Å². The van der Waals surface area contributed by atoms with Crippen LogP contribution in [0.5, 0.6) is 0 Å². The Morgan fingerprint density at radius 1 is 1.21 bits per heavy atom. The summed E-state index contributed by atoms with van der Waals surface area (Å²) < 4.78 is 0. The Labute approximate surface area is 168 Å². The Morgan fingerprint density at radius 2 is 1.89 bits per heavy atom. The third-order valence-corrected chi connectivity index (χ3v) is 5.36. The van der Waals surface area contributed by atoms with Crippen LogP contribution in [0, 0.1) is 0 Å². The van der Waals surface area contributed by atoms with Gasteiger partial charge in [0.25, 0.3) is 0 Å². The zero-order valence-corrected chi connectivity index (χ0v) is 17.4. The summed E-state index contributed by atoms with van der Waals surface area (Å²) in [5, 5.41) is 12.9. The molecule has 2 rings (SSSR count). The van der Waals surface area contributed by atoms with Gasteiger partial charge in [-0.25, -0.2) is 4.79 Å². The van der Waals surface area contributed by atoms with Crippen LogP contribution in [0.3, 0.4) is 0 Å². The average molecular weight is 388 g/mol. The number of urea groups is 1. The van der Waals surface area contributed by atoms with Crippen molar-refractivity contribution in [1.29, 1.82) is 0 Å². The summed E-state index contributed by atoms with van der Waals surface area (Å²) >= 11 is 0. The Kier molecular flexibility index (Phi) is 8.05. The molecule has 1 heterocycles. The van der Waals surface area contributed by atoms with E-state index in [-0.39, 0.29) is 36.5 Å². The number of rotatable bonds is 8. The summed E-state index contributed by atoms with van der Waals surface area (Å²) in [4.78, 5) is 28.2. The van der Waals surface area contributed by atoms with Gasteiger partial charge < -0.3 is 20.2 Å². The monoisotopic (exact) mass is 387 g/mol. The van der Waals surface area contributed by atoms with Crippen molar-refractivity contribution in [2.45, 2.75) is 51.6 Å². The summed E-state index contributed by atoms with van der Waals surface area (Å²) in [5.41, 5.74) is 2.19. The first kappa shape index (κ1) is 22.0. The zero-order valence-electron chi connectivity index (χ0n) is 17.4. The van der Waals surface area contributed by atoms with Gasteiger partial charge in [0.15, 0.2) is 0 Å². The number of nitrogens with zero attached hydrogens (tertiary/aromatic N) is 2. The molecule has 1 aromatic carbocycles. The molecular weight excluding hydrogens is 354 g/mol. The van der Waals surface area contributed by atoms with Crippen LogP contribution in [0.15, 0.2) is 30.3 Å². The van der Waals surface area contributed by atoms with E-state index in [4.69, 9.17) is 0 Å². The van der Waals surface area contributed by atoms with Gasteiger partial charge in [-0.15, -0.1) is 0 Å². The molecule has 1 saturated heterocycles. The molecule has 0 saturated carbocycles. The molecule has 1 aliphatic heterocycles. The fraction of sp³-hybridized carbons (Fsp3) is 0.545. The first-order valence-corrected chi connectivity index (χ1v) is 10.1. The van der Waals surface area contributed by atoms with Crippen molar-refractivity contribution in [2.24, 2.45) is 0 Å². The second-order valence-corrected chi connectivity index (χ2v) is 7.28. The number of hydrogen-bond donors (Lipinski definition) is 2. The van der Waals surface area contributed by atoms with Crippen LogP contribution in [0.4, 0.5) is 4.79 Å². The first-order chi connectivity index (χ1) is 13.5. The predicted octanol–water partition coefficient (Wildman–Crippen LogP) is 2.84. The summed E-state index contributed by atoms with van der Waals surface area (Å²) in [6, 6.07) is 7.56. The minimum Gasteiger partial charge on any atom is -0.394 e. The quantitative estimate of drug-likeness (QED) is 0.720. The van der Waals surface area contributed by atoms with E-state index in [1.807, 2.05) is 45.1 Å². The molecule has 6 nitrogen and oxygen atoms in total. The highest BCUT2D eigenvalue weighted by Crippen LogP contribution is 2.41. The van der Waals surface area contributed by atoms with Crippen molar-refractivity contribution >= 4 is 18.0 Å². The number of aliphatic hydroxyl groups is 1. The lowest BCUT2D eigenvalue weighted by molar-refractivity contribution is -0.131. The zero-order chi connectivity index (χ0) is 20.7. The SMILES string of the molecule is C/C=C/c1ccc([C@@H]2[C@@H](CN(C)C(=O)CC)N(C(=O)NCCC)[C@H]2CO)cc1. The lowest BCUT2D eigenvalue weighted by Crippen LogP contribution is -2.70. The summed E-state index contributed by atoms with van der Waals surface area (Å²) in [6.45, 7) is 6.74. The molecule has 28 heavy (non-hydrogen) atoms. The van der Waals surface area contributed by atoms with E-state index in [0.717, 1.165) is 17.5 Å². The highest BCUT2D eigenvalue weighted by molar-refractivity contribution is 5.78. The minimum atomic E-state index is -0.292. The lowest BCUT2D eigenvalue weighted by Gasteiger charge is -2.55. The van der Waals surface area contributed by atoms with Crippen LogP contribution in [0.1, 0.15) is 50.7 Å². The van der Waals surface area contributed by atoms with Crippen molar-refractivity contribution in [3.8, 4) is 0 Å². The molecule has 6 heteroatoms. The largest absolute Gasteiger partial charge is 0.394 e. The third kappa shape index (κ3) is 4.73. The number of hydrogen-bond acceptors (Lipinski definition) is 3. The molecule has 0 aliphatic carbocycles. The molecule has 0 spiro atoms. The molecule has 3 amide bonds. The lowest BCUT2D eigenvalue weighted by atomic mass is 9.75. The molecule has 1 fully saturated rings. The molecule has 3 atom stereocenters. The van der Waals surface area contributed by atoms with Crippen LogP contribution < -0.4 is 5.32 Å². The second-order valence-electron chi connectivity index (χ2n) is 7.28. The number of carbonyl (C=O) groups is 2. The average Bonchev–Trinajstić information content (AvgIpc) is 2.69. The molecular formula is C22H33N3O3. The highest BCUT2D eigenvalue weighted by atomic mass is 16.3. The molecule has 2 N–H and O–H groups in total. The smallest absolute Gasteiger partial charge is 0.318 e. The molecule has 0 radical (unpaired) electrons. The highest BCUT2D eigenvalue weighted by Gasteiger charge is 2.51. The van der Waals surface area contributed by atoms with Gasteiger partial charge in [-0.05, 0) is 24.5 Å². The normalized spacial score (nSPS) is 21.5. The molecule has 0 bridgehead atoms. The van der Waals surface area contributed by atoms with Crippen LogP contribution in [-0.4, -0.2) is 65.7 Å².